The highest BCUT2D eigenvalue weighted by atomic mass is 35.5. The summed E-state index contributed by atoms with van der Waals surface area (Å²) in [5.74, 6) is -0.517. The Morgan fingerprint density at radius 2 is 1.76 bits per heavy atom. The number of hydrogen-bond donors (Lipinski definition) is 1. The van der Waals surface area contributed by atoms with Crippen LogP contribution in [0.4, 0.5) is 13.2 Å². The van der Waals surface area contributed by atoms with E-state index in [1.54, 1.807) is 61.6 Å². The lowest BCUT2D eigenvalue weighted by molar-refractivity contribution is -0.143. The maximum absolute atomic E-state index is 14.2. The smallest absolute Gasteiger partial charge is 0.396 e. The summed E-state index contributed by atoms with van der Waals surface area (Å²) in [5, 5.41) is 10.3. The predicted molar refractivity (Wildman–Crippen MR) is 126 cm³/mol. The summed E-state index contributed by atoms with van der Waals surface area (Å²) in [6.07, 6.45) is -2.14. The first-order valence-electron chi connectivity index (χ1n) is 11.1. The fourth-order valence-corrected chi connectivity index (χ4v) is 4.72. The van der Waals surface area contributed by atoms with Crippen molar-refractivity contribution in [3.8, 4) is 11.1 Å². The number of alkyl halides is 3. The second-order valence-corrected chi connectivity index (χ2v) is 9.48. The van der Waals surface area contributed by atoms with E-state index in [4.69, 9.17) is 11.6 Å². The van der Waals surface area contributed by atoms with Crippen molar-refractivity contribution in [3.63, 3.8) is 0 Å². The third kappa shape index (κ3) is 4.86. The molecule has 1 aliphatic rings. The minimum absolute atomic E-state index is 0.0339. The van der Waals surface area contributed by atoms with E-state index in [0.29, 0.717) is 16.1 Å². The molecule has 4 nitrogen and oxygen atoms in total. The zero-order valence-corrected chi connectivity index (χ0v) is 19.5. The monoisotopic (exact) mass is 490 g/mol. The van der Waals surface area contributed by atoms with Crippen molar-refractivity contribution in [2.45, 2.75) is 32.0 Å². The van der Waals surface area contributed by atoms with Gasteiger partial charge < -0.3 is 14.6 Å². The van der Waals surface area contributed by atoms with Crippen LogP contribution in [0.5, 0.6) is 0 Å². The first kappa shape index (κ1) is 24.4. The van der Waals surface area contributed by atoms with Gasteiger partial charge in [-0.3, -0.25) is 4.79 Å². The van der Waals surface area contributed by atoms with Gasteiger partial charge >= 0.3 is 6.18 Å². The molecular weight excluding hydrogens is 465 g/mol. The zero-order chi connectivity index (χ0) is 24.5. The summed E-state index contributed by atoms with van der Waals surface area (Å²) in [7, 11) is 1.58. The quantitative estimate of drug-likeness (QED) is 0.434. The maximum atomic E-state index is 14.2. The Kier molecular flexibility index (Phi) is 6.78. The minimum atomic E-state index is -4.66. The summed E-state index contributed by atoms with van der Waals surface area (Å²) in [4.78, 5) is 15.2. The summed E-state index contributed by atoms with van der Waals surface area (Å²) >= 11 is 6.00. The van der Waals surface area contributed by atoms with Crippen molar-refractivity contribution in [1.82, 2.24) is 9.47 Å². The topological polar surface area (TPSA) is 45.5 Å². The molecule has 8 heteroatoms. The molecule has 34 heavy (non-hydrogen) atoms. The van der Waals surface area contributed by atoms with Gasteiger partial charge in [-0.2, -0.15) is 13.2 Å². The number of benzene rings is 2. The molecule has 0 spiro atoms. The lowest BCUT2D eigenvalue weighted by Crippen LogP contribution is -2.46. The van der Waals surface area contributed by atoms with Crippen molar-refractivity contribution >= 4 is 17.5 Å². The van der Waals surface area contributed by atoms with Crippen LogP contribution in [0.1, 0.15) is 41.0 Å². The van der Waals surface area contributed by atoms with Crippen LogP contribution >= 0.6 is 11.6 Å². The molecule has 1 aromatic heterocycles. The van der Waals surface area contributed by atoms with Crippen LogP contribution in [-0.4, -0.2) is 40.7 Å². The van der Waals surface area contributed by atoms with Crippen molar-refractivity contribution in [2.24, 2.45) is 5.41 Å². The molecule has 0 atom stereocenters. The Labute approximate surface area is 201 Å². The van der Waals surface area contributed by atoms with Crippen molar-refractivity contribution < 1.29 is 23.1 Å². The fraction of sp³-hybridized carbons (Fsp3) is 0.346. The third-order valence-electron chi connectivity index (χ3n) is 6.60. The van der Waals surface area contributed by atoms with Crippen LogP contribution in [0.3, 0.4) is 0 Å². The van der Waals surface area contributed by atoms with Crippen LogP contribution in [-0.2, 0) is 12.7 Å². The minimum Gasteiger partial charge on any atom is -0.396 e. The summed E-state index contributed by atoms with van der Waals surface area (Å²) in [6.45, 7) is 0.108. The lowest BCUT2D eigenvalue weighted by Gasteiger charge is -2.42. The van der Waals surface area contributed by atoms with Gasteiger partial charge in [-0.05, 0) is 42.2 Å². The van der Waals surface area contributed by atoms with Crippen LogP contribution in [0, 0.1) is 5.41 Å². The summed E-state index contributed by atoms with van der Waals surface area (Å²) in [5.41, 5.74) is -0.00247. The molecule has 1 fully saturated rings. The molecule has 0 unspecified atom stereocenters. The number of carbonyl (C=O) groups excluding carboxylic acids is 1. The Bertz CT molecular complexity index is 1150. The molecule has 0 saturated heterocycles. The predicted octanol–water partition coefficient (Wildman–Crippen LogP) is 6.11. The highest BCUT2D eigenvalue weighted by Gasteiger charge is 2.41. The number of nitrogens with zero attached hydrogens (tertiary/aromatic N) is 2. The molecule has 180 valence electrons. The van der Waals surface area contributed by atoms with Gasteiger partial charge in [0.1, 0.15) is 11.4 Å². The number of aliphatic hydroxyl groups is 1. The van der Waals surface area contributed by atoms with E-state index in [0.717, 1.165) is 29.9 Å². The van der Waals surface area contributed by atoms with Crippen molar-refractivity contribution in [1.29, 1.82) is 0 Å². The van der Waals surface area contributed by atoms with Crippen molar-refractivity contribution in [2.75, 3.05) is 20.2 Å². The maximum Gasteiger partial charge on any atom is 0.431 e. The third-order valence-corrected chi connectivity index (χ3v) is 6.85. The lowest BCUT2D eigenvalue weighted by atomic mass is 9.69. The molecule has 4 rings (SSSR count). The molecular formula is C26H26ClF3N2O2. The SMILES string of the molecule is CN(CC1(CO)CCC1)C(=O)c1c(-c2ccc(Cl)cc2)cc(C(F)(F)F)n1Cc1ccccc1. The van der Waals surface area contributed by atoms with E-state index in [1.807, 2.05) is 0 Å². The Morgan fingerprint density at radius 3 is 2.29 bits per heavy atom. The first-order chi connectivity index (χ1) is 16.1. The van der Waals surface area contributed by atoms with Crippen LogP contribution < -0.4 is 0 Å². The fourth-order valence-electron chi connectivity index (χ4n) is 4.59. The normalized spacial score (nSPS) is 15.1. The average Bonchev–Trinajstić information content (AvgIpc) is 3.16. The van der Waals surface area contributed by atoms with Gasteiger partial charge in [-0.15, -0.1) is 0 Å². The van der Waals surface area contributed by atoms with Crippen molar-refractivity contribution in [3.05, 3.63) is 82.6 Å². The zero-order valence-electron chi connectivity index (χ0n) is 18.8. The number of aromatic nitrogens is 1. The molecule has 3 aromatic rings. The average molecular weight is 491 g/mol. The van der Waals surface area contributed by atoms with E-state index < -0.39 is 23.2 Å². The standard InChI is InChI=1S/C26H26ClF3N2O2/c1-31(16-25(17-33)12-5-13-25)24(34)23-21(19-8-10-20(27)11-9-19)14-22(26(28,29)30)32(23)15-18-6-3-2-4-7-18/h2-4,6-11,14,33H,5,12-13,15-17H2,1H3. The van der Waals surface area contributed by atoms with Gasteiger partial charge in [0.25, 0.3) is 5.91 Å². The van der Waals surface area contributed by atoms with Gasteiger partial charge in [0.05, 0.1) is 6.61 Å². The van der Waals surface area contributed by atoms with E-state index in [-0.39, 0.29) is 31.0 Å². The van der Waals surface area contributed by atoms with Gasteiger partial charge in [-0.1, -0.05) is 60.5 Å². The summed E-state index contributed by atoms with van der Waals surface area (Å²) in [6, 6.07) is 16.2. The molecule has 0 bridgehead atoms. The molecule has 2 aromatic carbocycles. The Morgan fingerprint density at radius 1 is 1.12 bits per heavy atom. The molecule has 1 saturated carbocycles. The second kappa shape index (κ2) is 9.47. The number of hydrogen-bond acceptors (Lipinski definition) is 2. The van der Waals surface area contributed by atoms with Gasteiger partial charge in [0, 0.05) is 36.1 Å². The molecule has 1 heterocycles. The van der Waals surface area contributed by atoms with Crippen LogP contribution in [0.25, 0.3) is 11.1 Å². The number of carbonyl (C=O) groups is 1. The molecule has 0 aliphatic heterocycles. The van der Waals surface area contributed by atoms with Crippen LogP contribution in [0.15, 0.2) is 60.7 Å². The Balaban J connectivity index is 1.85. The van der Waals surface area contributed by atoms with Gasteiger partial charge in [0.15, 0.2) is 0 Å². The molecule has 0 radical (unpaired) electrons. The second-order valence-electron chi connectivity index (χ2n) is 9.04. The first-order valence-corrected chi connectivity index (χ1v) is 11.5. The number of aliphatic hydroxyl groups excluding tert-OH is 1. The molecule has 1 aliphatic carbocycles. The van der Waals surface area contributed by atoms with Gasteiger partial charge in [-0.25, -0.2) is 0 Å². The highest BCUT2D eigenvalue weighted by Crippen LogP contribution is 2.42. The van der Waals surface area contributed by atoms with E-state index in [1.165, 1.54) is 4.90 Å². The highest BCUT2D eigenvalue weighted by molar-refractivity contribution is 6.30. The van der Waals surface area contributed by atoms with E-state index in [9.17, 15) is 23.1 Å². The van der Waals surface area contributed by atoms with E-state index >= 15 is 0 Å². The Hall–Kier alpha value is -2.77. The van der Waals surface area contributed by atoms with E-state index in [2.05, 4.69) is 0 Å². The van der Waals surface area contributed by atoms with Crippen LogP contribution in [0.2, 0.25) is 5.02 Å². The molecule has 1 amide bonds. The molecule has 1 N–H and O–H groups in total. The number of rotatable bonds is 7. The number of amides is 1. The summed E-state index contributed by atoms with van der Waals surface area (Å²) < 4.78 is 43.6. The van der Waals surface area contributed by atoms with Gasteiger partial charge in [0.2, 0.25) is 0 Å². The number of halogens is 4. The largest absolute Gasteiger partial charge is 0.431 e.